The lowest BCUT2D eigenvalue weighted by Crippen LogP contribution is -2.41. The molecule has 3 nitrogen and oxygen atoms in total. The molecule has 150 valence electrons. The molecule has 1 heterocycles. The van der Waals surface area contributed by atoms with Crippen molar-refractivity contribution in [2.45, 2.75) is 90.3 Å². The topological polar surface area (TPSA) is 38.7 Å². The maximum Gasteiger partial charge on any atom is 0.499 e. The van der Waals surface area contributed by atoms with Gasteiger partial charge in [-0.25, -0.2) is 0 Å². The first kappa shape index (κ1) is 19.8. The fourth-order valence-corrected chi connectivity index (χ4v) is 4.48. The van der Waals surface area contributed by atoms with Crippen LogP contribution in [0.1, 0.15) is 90.2 Å². The summed E-state index contributed by atoms with van der Waals surface area (Å²) in [5, 5.41) is 11.1. The second-order valence-electron chi connectivity index (χ2n) is 9.50. The number of benzene rings is 1. The van der Waals surface area contributed by atoms with E-state index < -0.39 is 18.3 Å². The van der Waals surface area contributed by atoms with Crippen molar-refractivity contribution in [2.24, 2.45) is 0 Å². The van der Waals surface area contributed by atoms with Gasteiger partial charge in [0.2, 0.25) is 0 Å². The second kappa shape index (κ2) is 7.38. The van der Waals surface area contributed by atoms with Crippen LogP contribution in [0.25, 0.3) is 11.1 Å². The quantitative estimate of drug-likeness (QED) is 0.693. The van der Waals surface area contributed by atoms with Crippen LogP contribution in [-0.2, 0) is 9.31 Å². The lowest BCUT2D eigenvalue weighted by molar-refractivity contribution is 0.00578. The van der Waals surface area contributed by atoms with Gasteiger partial charge in [0.15, 0.2) is 0 Å². The van der Waals surface area contributed by atoms with E-state index in [0.717, 1.165) is 42.3 Å². The Morgan fingerprint density at radius 3 is 1.93 bits per heavy atom. The zero-order valence-electron chi connectivity index (χ0n) is 17.8. The molecule has 0 unspecified atom stereocenters. The minimum Gasteiger partial charge on any atom is -0.508 e. The highest BCUT2D eigenvalue weighted by Crippen LogP contribution is 2.40. The van der Waals surface area contributed by atoms with Crippen LogP contribution in [-0.4, -0.2) is 23.4 Å². The standard InChI is InChI=1S/C24H33BO3/c1-23(2)24(3,4)28-25(27-23)22-20(18-13-9-6-10-14-18)15-19(16-21(22)26)17-11-7-5-8-12-17/h11,13,15-16,26H,5-10,12,14H2,1-4H3. The van der Waals surface area contributed by atoms with Gasteiger partial charge in [-0.15, -0.1) is 0 Å². The molecule has 1 aromatic carbocycles. The maximum atomic E-state index is 11.1. The fourth-order valence-electron chi connectivity index (χ4n) is 4.48. The van der Waals surface area contributed by atoms with Crippen LogP contribution in [0.4, 0.5) is 0 Å². The Morgan fingerprint density at radius 2 is 1.39 bits per heavy atom. The van der Waals surface area contributed by atoms with Crippen molar-refractivity contribution >= 4 is 23.7 Å². The van der Waals surface area contributed by atoms with E-state index in [0.29, 0.717) is 5.75 Å². The van der Waals surface area contributed by atoms with E-state index in [1.165, 1.54) is 36.8 Å². The molecule has 0 radical (unpaired) electrons. The van der Waals surface area contributed by atoms with E-state index in [1.807, 2.05) is 6.07 Å². The van der Waals surface area contributed by atoms with Crippen LogP contribution in [0, 0.1) is 0 Å². The Morgan fingerprint density at radius 1 is 0.821 bits per heavy atom. The van der Waals surface area contributed by atoms with Gasteiger partial charge in [-0.05, 0) is 113 Å². The predicted molar refractivity (Wildman–Crippen MR) is 117 cm³/mol. The highest BCUT2D eigenvalue weighted by molar-refractivity contribution is 6.64. The third-order valence-electron chi connectivity index (χ3n) is 6.95. The lowest BCUT2D eigenvalue weighted by atomic mass is 9.71. The van der Waals surface area contributed by atoms with Crippen molar-refractivity contribution in [3.05, 3.63) is 35.4 Å². The molecule has 0 atom stereocenters. The van der Waals surface area contributed by atoms with E-state index in [9.17, 15) is 5.11 Å². The van der Waals surface area contributed by atoms with Crippen LogP contribution in [0.15, 0.2) is 24.3 Å². The van der Waals surface area contributed by atoms with Gasteiger partial charge in [0.25, 0.3) is 0 Å². The first-order valence-corrected chi connectivity index (χ1v) is 10.9. The third kappa shape index (κ3) is 3.57. The van der Waals surface area contributed by atoms with E-state index in [-0.39, 0.29) is 0 Å². The smallest absolute Gasteiger partial charge is 0.499 e. The number of aromatic hydroxyl groups is 1. The molecular formula is C24H33BO3. The van der Waals surface area contributed by atoms with Crippen LogP contribution in [0.5, 0.6) is 5.75 Å². The second-order valence-corrected chi connectivity index (χ2v) is 9.50. The minimum absolute atomic E-state index is 0.295. The van der Waals surface area contributed by atoms with Gasteiger partial charge in [0.05, 0.1) is 11.2 Å². The molecule has 4 heteroatoms. The molecule has 1 aromatic rings. The Balaban J connectivity index is 1.81. The molecule has 1 aliphatic heterocycles. The molecule has 2 aliphatic carbocycles. The monoisotopic (exact) mass is 380 g/mol. The number of phenols is 1. The highest BCUT2D eigenvalue weighted by Gasteiger charge is 2.53. The zero-order chi connectivity index (χ0) is 19.9. The van der Waals surface area contributed by atoms with Crippen molar-refractivity contribution in [2.75, 3.05) is 0 Å². The maximum absolute atomic E-state index is 11.1. The van der Waals surface area contributed by atoms with Crippen LogP contribution in [0.3, 0.4) is 0 Å². The van der Waals surface area contributed by atoms with Crippen molar-refractivity contribution in [1.29, 1.82) is 0 Å². The number of allylic oxidation sites excluding steroid dienone is 4. The molecule has 0 spiro atoms. The van der Waals surface area contributed by atoms with Gasteiger partial charge >= 0.3 is 7.12 Å². The summed E-state index contributed by atoms with van der Waals surface area (Å²) in [6.45, 7) is 8.24. The average Bonchev–Trinajstić information content (AvgIpc) is 2.89. The first-order chi connectivity index (χ1) is 13.3. The van der Waals surface area contributed by atoms with Gasteiger partial charge in [-0.2, -0.15) is 0 Å². The molecule has 3 aliphatic rings. The number of hydrogen-bond donors (Lipinski definition) is 1. The summed E-state index contributed by atoms with van der Waals surface area (Å²) < 4.78 is 12.6. The van der Waals surface area contributed by atoms with Crippen molar-refractivity contribution in [3.63, 3.8) is 0 Å². The van der Waals surface area contributed by atoms with Crippen molar-refractivity contribution in [3.8, 4) is 5.75 Å². The molecule has 1 fully saturated rings. The van der Waals surface area contributed by atoms with Gasteiger partial charge in [0.1, 0.15) is 5.75 Å². The largest absolute Gasteiger partial charge is 0.508 e. The lowest BCUT2D eigenvalue weighted by Gasteiger charge is -2.32. The van der Waals surface area contributed by atoms with Crippen LogP contribution in [0.2, 0.25) is 0 Å². The molecule has 0 aromatic heterocycles. The van der Waals surface area contributed by atoms with Gasteiger partial charge in [0, 0.05) is 5.46 Å². The van der Waals surface area contributed by atoms with Gasteiger partial charge < -0.3 is 14.4 Å². The molecule has 0 bridgehead atoms. The number of rotatable bonds is 3. The summed E-state index contributed by atoms with van der Waals surface area (Å²) in [5.41, 5.74) is 4.90. The summed E-state index contributed by atoms with van der Waals surface area (Å²) in [5.74, 6) is 0.295. The number of hydrogen-bond acceptors (Lipinski definition) is 3. The molecule has 1 N–H and O–H groups in total. The predicted octanol–water partition coefficient (Wildman–Crippen LogP) is 5.61. The Labute approximate surface area is 170 Å². The molecular weight excluding hydrogens is 347 g/mol. The molecule has 4 rings (SSSR count). The normalized spacial score (nSPS) is 24.1. The summed E-state index contributed by atoms with van der Waals surface area (Å²) in [4.78, 5) is 0. The summed E-state index contributed by atoms with van der Waals surface area (Å²) in [6.07, 6.45) is 14.0. The first-order valence-electron chi connectivity index (χ1n) is 10.9. The molecule has 28 heavy (non-hydrogen) atoms. The van der Waals surface area contributed by atoms with E-state index >= 15 is 0 Å². The van der Waals surface area contributed by atoms with Crippen molar-refractivity contribution in [1.82, 2.24) is 0 Å². The fraction of sp³-hybridized carbons (Fsp3) is 0.583. The summed E-state index contributed by atoms with van der Waals surface area (Å²) in [7, 11) is -0.544. The third-order valence-corrected chi connectivity index (χ3v) is 6.95. The summed E-state index contributed by atoms with van der Waals surface area (Å²) >= 11 is 0. The Hall–Kier alpha value is -1.52. The summed E-state index contributed by atoms with van der Waals surface area (Å²) in [6, 6.07) is 4.19. The highest BCUT2D eigenvalue weighted by atomic mass is 16.7. The Bertz CT molecular complexity index is 803. The minimum atomic E-state index is -0.544. The molecule has 0 saturated carbocycles. The van der Waals surface area contributed by atoms with Gasteiger partial charge in [-0.3, -0.25) is 0 Å². The average molecular weight is 380 g/mol. The van der Waals surface area contributed by atoms with Crippen molar-refractivity contribution < 1.29 is 14.4 Å². The van der Waals surface area contributed by atoms with E-state index in [2.05, 4.69) is 45.9 Å². The zero-order valence-corrected chi connectivity index (χ0v) is 17.8. The molecule has 0 amide bonds. The molecule has 1 saturated heterocycles. The Kier molecular flexibility index (Phi) is 5.22. The van der Waals surface area contributed by atoms with Gasteiger partial charge in [-0.1, -0.05) is 12.2 Å². The van der Waals surface area contributed by atoms with E-state index in [1.54, 1.807) is 0 Å². The SMILES string of the molecule is CC1(C)OB(c2c(O)cc(C3=CCCCC3)cc2C2=CCCCC2)OC1(C)C. The van der Waals surface area contributed by atoms with E-state index in [4.69, 9.17) is 9.31 Å². The number of phenolic OH excluding ortho intramolecular Hbond substituents is 1. The van der Waals surface area contributed by atoms with Crippen LogP contribution >= 0.6 is 0 Å². The van der Waals surface area contributed by atoms with Crippen LogP contribution < -0.4 is 5.46 Å².